The summed E-state index contributed by atoms with van der Waals surface area (Å²) in [7, 11) is 0. The summed E-state index contributed by atoms with van der Waals surface area (Å²) in [5.74, 6) is 0. The first kappa shape index (κ1) is 17.2. The van der Waals surface area contributed by atoms with Gasteiger partial charge in [0.25, 0.3) is 0 Å². The minimum atomic E-state index is -0.511. The molecule has 0 aliphatic heterocycles. The van der Waals surface area contributed by atoms with Crippen LogP contribution in [0.3, 0.4) is 0 Å². The monoisotopic (exact) mass is 403 g/mol. The molecule has 20 heavy (non-hydrogen) atoms. The van der Waals surface area contributed by atoms with Crippen LogP contribution >= 0.6 is 31.9 Å². The second-order valence-electron chi connectivity index (χ2n) is 5.48. The summed E-state index contributed by atoms with van der Waals surface area (Å²) in [6, 6.07) is 7.84. The van der Waals surface area contributed by atoms with Crippen LogP contribution in [0.1, 0.15) is 26.3 Å². The Morgan fingerprint density at radius 3 is 2.30 bits per heavy atom. The van der Waals surface area contributed by atoms with Crippen molar-refractivity contribution in [1.29, 1.82) is 0 Å². The molecule has 0 saturated carbocycles. The standard InChI is InChI=1S/C15H19Br2NO2/c1-11(16)9-18(14(19)20-15(2,3)4)10-12-5-7-13(17)8-6-12/h5-8H,1,9-10H2,2-4H3. The Balaban J connectivity index is 2.81. The molecule has 0 N–H and O–H groups in total. The highest BCUT2D eigenvalue weighted by Gasteiger charge is 2.22. The van der Waals surface area contributed by atoms with Gasteiger partial charge in [-0.15, -0.1) is 0 Å². The fourth-order valence-electron chi connectivity index (χ4n) is 1.53. The highest BCUT2D eigenvalue weighted by molar-refractivity contribution is 9.11. The number of hydrogen-bond donors (Lipinski definition) is 0. The first-order valence-electron chi connectivity index (χ1n) is 6.23. The van der Waals surface area contributed by atoms with Crippen LogP contribution < -0.4 is 0 Å². The molecule has 0 fully saturated rings. The number of carbonyl (C=O) groups excluding carboxylic acids is 1. The maximum absolute atomic E-state index is 12.2. The average molecular weight is 405 g/mol. The van der Waals surface area contributed by atoms with Crippen molar-refractivity contribution in [3.8, 4) is 0 Å². The normalized spacial score (nSPS) is 11.1. The van der Waals surface area contributed by atoms with Crippen molar-refractivity contribution in [2.75, 3.05) is 6.54 Å². The number of benzene rings is 1. The number of carbonyl (C=O) groups is 1. The molecule has 0 aromatic heterocycles. The molecule has 0 atom stereocenters. The lowest BCUT2D eigenvalue weighted by Gasteiger charge is -2.27. The Morgan fingerprint density at radius 1 is 1.30 bits per heavy atom. The Labute approximate surface area is 137 Å². The van der Waals surface area contributed by atoms with Gasteiger partial charge in [0.2, 0.25) is 0 Å². The number of amides is 1. The quantitative estimate of drug-likeness (QED) is 0.698. The van der Waals surface area contributed by atoms with Crippen molar-refractivity contribution < 1.29 is 9.53 Å². The maximum Gasteiger partial charge on any atom is 0.410 e. The molecule has 0 radical (unpaired) electrons. The highest BCUT2D eigenvalue weighted by Crippen LogP contribution is 2.17. The van der Waals surface area contributed by atoms with E-state index >= 15 is 0 Å². The van der Waals surface area contributed by atoms with Crippen LogP contribution in [0.2, 0.25) is 0 Å². The van der Waals surface area contributed by atoms with Gasteiger partial charge < -0.3 is 4.74 Å². The van der Waals surface area contributed by atoms with Crippen LogP contribution in [0, 0.1) is 0 Å². The number of rotatable bonds is 4. The fraction of sp³-hybridized carbons (Fsp3) is 0.400. The molecule has 5 heteroatoms. The second kappa shape index (κ2) is 7.27. The zero-order valence-electron chi connectivity index (χ0n) is 12.0. The molecule has 3 nitrogen and oxygen atoms in total. The second-order valence-corrected chi connectivity index (χ2v) is 7.52. The Kier molecular flexibility index (Phi) is 6.27. The molecule has 1 rings (SSSR count). The maximum atomic E-state index is 12.2. The zero-order chi connectivity index (χ0) is 15.3. The van der Waals surface area contributed by atoms with Crippen LogP contribution in [-0.2, 0) is 11.3 Å². The van der Waals surface area contributed by atoms with E-state index in [1.165, 1.54) is 0 Å². The summed E-state index contributed by atoms with van der Waals surface area (Å²) >= 11 is 6.69. The molecule has 0 aliphatic carbocycles. The van der Waals surface area contributed by atoms with Crippen LogP contribution in [-0.4, -0.2) is 23.1 Å². The van der Waals surface area contributed by atoms with Gasteiger partial charge in [-0.3, -0.25) is 4.90 Å². The van der Waals surface area contributed by atoms with E-state index in [0.717, 1.165) is 14.5 Å². The van der Waals surface area contributed by atoms with E-state index < -0.39 is 5.60 Å². The first-order valence-corrected chi connectivity index (χ1v) is 7.81. The van der Waals surface area contributed by atoms with E-state index in [4.69, 9.17) is 4.74 Å². The molecule has 0 spiro atoms. The van der Waals surface area contributed by atoms with Crippen LogP contribution in [0.15, 0.2) is 39.8 Å². The van der Waals surface area contributed by atoms with E-state index in [1.807, 2.05) is 45.0 Å². The summed E-state index contributed by atoms with van der Waals surface area (Å²) in [4.78, 5) is 13.8. The van der Waals surface area contributed by atoms with E-state index in [2.05, 4.69) is 38.4 Å². The fourth-order valence-corrected chi connectivity index (χ4v) is 2.10. The number of nitrogens with zero attached hydrogens (tertiary/aromatic N) is 1. The lowest BCUT2D eigenvalue weighted by atomic mass is 10.2. The zero-order valence-corrected chi connectivity index (χ0v) is 15.1. The summed E-state index contributed by atoms with van der Waals surface area (Å²) in [5.41, 5.74) is 0.524. The van der Waals surface area contributed by atoms with Crippen molar-refractivity contribution in [2.45, 2.75) is 32.9 Å². The van der Waals surface area contributed by atoms with Gasteiger partial charge >= 0.3 is 6.09 Å². The summed E-state index contributed by atoms with van der Waals surface area (Å²) in [6.45, 7) is 10.2. The van der Waals surface area contributed by atoms with Crippen molar-refractivity contribution in [3.63, 3.8) is 0 Å². The van der Waals surface area contributed by atoms with Gasteiger partial charge in [-0.25, -0.2) is 4.79 Å². The van der Waals surface area contributed by atoms with Crippen LogP contribution in [0.5, 0.6) is 0 Å². The predicted octanol–water partition coefficient (Wildman–Crippen LogP) is 5.09. The van der Waals surface area contributed by atoms with Gasteiger partial charge in [0.1, 0.15) is 5.60 Å². The van der Waals surface area contributed by atoms with Gasteiger partial charge in [-0.1, -0.05) is 50.6 Å². The summed E-state index contributed by atoms with van der Waals surface area (Å²) in [5, 5.41) is 0. The summed E-state index contributed by atoms with van der Waals surface area (Å²) in [6.07, 6.45) is -0.346. The molecule has 0 bridgehead atoms. The van der Waals surface area contributed by atoms with E-state index in [0.29, 0.717) is 13.1 Å². The lowest BCUT2D eigenvalue weighted by Crippen LogP contribution is -2.37. The van der Waals surface area contributed by atoms with Crippen molar-refractivity contribution in [2.24, 2.45) is 0 Å². The molecular weight excluding hydrogens is 386 g/mol. The minimum Gasteiger partial charge on any atom is -0.444 e. The third-order valence-corrected chi connectivity index (χ3v) is 3.08. The average Bonchev–Trinajstić information content (AvgIpc) is 2.28. The van der Waals surface area contributed by atoms with Gasteiger partial charge in [0.15, 0.2) is 0 Å². The molecule has 1 aromatic rings. The molecule has 0 aliphatic rings. The van der Waals surface area contributed by atoms with Gasteiger partial charge in [0, 0.05) is 15.5 Å². The third kappa shape index (κ3) is 6.57. The Bertz CT molecular complexity index is 478. The largest absolute Gasteiger partial charge is 0.444 e. The van der Waals surface area contributed by atoms with E-state index in [-0.39, 0.29) is 6.09 Å². The van der Waals surface area contributed by atoms with Crippen molar-refractivity contribution in [3.05, 3.63) is 45.4 Å². The molecule has 0 unspecified atom stereocenters. The molecule has 1 aromatic carbocycles. The SMILES string of the molecule is C=C(Br)CN(Cc1ccc(Br)cc1)C(=O)OC(C)(C)C. The van der Waals surface area contributed by atoms with Gasteiger partial charge in [-0.05, 0) is 38.5 Å². The molecular formula is C15H19Br2NO2. The van der Waals surface area contributed by atoms with Gasteiger partial charge in [0.05, 0.1) is 6.54 Å². The molecule has 1 amide bonds. The minimum absolute atomic E-state index is 0.346. The third-order valence-electron chi connectivity index (χ3n) is 2.30. The van der Waals surface area contributed by atoms with E-state index in [9.17, 15) is 4.79 Å². The molecule has 0 saturated heterocycles. The molecule has 0 heterocycles. The van der Waals surface area contributed by atoms with Gasteiger partial charge in [-0.2, -0.15) is 0 Å². The lowest BCUT2D eigenvalue weighted by molar-refractivity contribution is 0.0255. The topological polar surface area (TPSA) is 29.5 Å². The first-order chi connectivity index (χ1) is 9.17. The Morgan fingerprint density at radius 2 is 1.85 bits per heavy atom. The number of ether oxygens (including phenoxy) is 1. The van der Waals surface area contributed by atoms with Crippen LogP contribution in [0.4, 0.5) is 4.79 Å². The summed E-state index contributed by atoms with van der Waals surface area (Å²) < 4.78 is 7.16. The number of hydrogen-bond acceptors (Lipinski definition) is 2. The van der Waals surface area contributed by atoms with Crippen molar-refractivity contribution in [1.82, 2.24) is 4.90 Å². The molecule has 110 valence electrons. The van der Waals surface area contributed by atoms with Crippen molar-refractivity contribution >= 4 is 38.0 Å². The van der Waals surface area contributed by atoms with E-state index in [1.54, 1.807) is 4.90 Å². The number of halogens is 2. The smallest absolute Gasteiger partial charge is 0.410 e. The highest BCUT2D eigenvalue weighted by atomic mass is 79.9. The Hall–Kier alpha value is -0.810. The predicted molar refractivity (Wildman–Crippen MR) is 88.9 cm³/mol. The van der Waals surface area contributed by atoms with Crippen LogP contribution in [0.25, 0.3) is 0 Å².